The van der Waals surface area contributed by atoms with Crippen molar-refractivity contribution in [3.05, 3.63) is 30.3 Å². The van der Waals surface area contributed by atoms with Crippen molar-refractivity contribution in [1.29, 1.82) is 0 Å². The molecular formula is C8H8O3S. The van der Waals surface area contributed by atoms with Gasteiger partial charge in [-0.3, -0.25) is 4.79 Å². The topological polar surface area (TPSA) is 43.4 Å². The van der Waals surface area contributed by atoms with Crippen LogP contribution in [0.25, 0.3) is 0 Å². The molecule has 0 heterocycles. The Balaban J connectivity index is 2.73. The van der Waals surface area contributed by atoms with Crippen LogP contribution in [0.5, 0.6) is 0 Å². The van der Waals surface area contributed by atoms with E-state index < -0.39 is 17.0 Å². The summed E-state index contributed by atoms with van der Waals surface area (Å²) in [6, 6.07) is 8.54. The molecule has 1 unspecified atom stereocenters. The molecular weight excluding hydrogens is 176 g/mol. The fourth-order valence-corrected chi connectivity index (χ4v) is 1.38. The van der Waals surface area contributed by atoms with Gasteiger partial charge in [0, 0.05) is 6.92 Å². The maximum Gasteiger partial charge on any atom is 0.317 e. The van der Waals surface area contributed by atoms with Crippen molar-refractivity contribution in [3.8, 4) is 0 Å². The van der Waals surface area contributed by atoms with E-state index in [9.17, 15) is 9.00 Å². The molecule has 1 aromatic rings. The highest BCUT2D eigenvalue weighted by Crippen LogP contribution is 2.06. The third kappa shape index (κ3) is 2.47. The molecule has 0 saturated carbocycles. The van der Waals surface area contributed by atoms with Crippen LogP contribution in [0.15, 0.2) is 35.2 Å². The summed E-state index contributed by atoms with van der Waals surface area (Å²) in [7, 11) is 0. The van der Waals surface area contributed by atoms with Crippen LogP contribution in [0.3, 0.4) is 0 Å². The van der Waals surface area contributed by atoms with Gasteiger partial charge in [-0.2, -0.15) is 0 Å². The normalized spacial score (nSPS) is 12.1. The van der Waals surface area contributed by atoms with Gasteiger partial charge in [0.25, 0.3) is 0 Å². The second-order valence-corrected chi connectivity index (χ2v) is 3.23. The smallest absolute Gasteiger partial charge is 0.317 e. The molecule has 12 heavy (non-hydrogen) atoms. The van der Waals surface area contributed by atoms with Gasteiger partial charge < -0.3 is 4.18 Å². The molecule has 0 amide bonds. The van der Waals surface area contributed by atoms with E-state index in [0.717, 1.165) is 0 Å². The van der Waals surface area contributed by atoms with Gasteiger partial charge in [-0.05, 0) is 12.1 Å². The Hall–Kier alpha value is -1.16. The Kier molecular flexibility index (Phi) is 2.99. The Labute approximate surface area is 73.0 Å². The maximum atomic E-state index is 11.1. The standard InChI is InChI=1S/C8H8O3S/c1-7(9)11-12(10)8-5-3-2-4-6-8/h2-6H,1H3. The van der Waals surface area contributed by atoms with Crippen LogP contribution in [0, 0.1) is 0 Å². The van der Waals surface area contributed by atoms with Crippen molar-refractivity contribution < 1.29 is 13.2 Å². The van der Waals surface area contributed by atoms with Gasteiger partial charge >= 0.3 is 5.97 Å². The zero-order valence-electron chi connectivity index (χ0n) is 6.52. The Bertz CT molecular complexity index is 294. The fraction of sp³-hybridized carbons (Fsp3) is 0.125. The lowest BCUT2D eigenvalue weighted by molar-refractivity contribution is -0.130. The van der Waals surface area contributed by atoms with Crippen molar-refractivity contribution in [2.24, 2.45) is 0 Å². The van der Waals surface area contributed by atoms with Crippen LogP contribution >= 0.6 is 0 Å². The van der Waals surface area contributed by atoms with Gasteiger partial charge in [-0.25, -0.2) is 4.21 Å². The van der Waals surface area contributed by atoms with E-state index in [1.165, 1.54) is 6.92 Å². The Morgan fingerprint density at radius 1 is 1.33 bits per heavy atom. The van der Waals surface area contributed by atoms with Gasteiger partial charge in [-0.1, -0.05) is 18.2 Å². The molecule has 1 aromatic carbocycles. The second kappa shape index (κ2) is 4.01. The first-order valence-electron chi connectivity index (χ1n) is 3.36. The molecule has 0 aliphatic rings. The number of hydrogen-bond donors (Lipinski definition) is 0. The molecule has 64 valence electrons. The van der Waals surface area contributed by atoms with Crippen molar-refractivity contribution in [3.63, 3.8) is 0 Å². The minimum absolute atomic E-state index is 0.493. The summed E-state index contributed by atoms with van der Waals surface area (Å²) in [6.45, 7) is 1.22. The summed E-state index contributed by atoms with van der Waals surface area (Å²) in [5, 5.41) is 0. The molecule has 0 aromatic heterocycles. The molecule has 1 rings (SSSR count). The highest BCUT2D eigenvalue weighted by molar-refractivity contribution is 7.80. The van der Waals surface area contributed by atoms with Gasteiger partial charge in [0.15, 0.2) is 0 Å². The van der Waals surface area contributed by atoms with E-state index in [-0.39, 0.29) is 0 Å². The molecule has 4 heteroatoms. The zero-order valence-corrected chi connectivity index (χ0v) is 7.34. The van der Waals surface area contributed by atoms with E-state index in [2.05, 4.69) is 4.18 Å². The third-order valence-electron chi connectivity index (χ3n) is 1.13. The summed E-state index contributed by atoms with van der Waals surface area (Å²) in [6.07, 6.45) is 0. The van der Waals surface area contributed by atoms with Crippen LogP contribution in [0.2, 0.25) is 0 Å². The van der Waals surface area contributed by atoms with Crippen molar-refractivity contribution in [1.82, 2.24) is 0 Å². The average Bonchev–Trinajstić information content (AvgIpc) is 2.05. The average molecular weight is 184 g/mol. The minimum atomic E-state index is -1.66. The molecule has 0 aliphatic carbocycles. The number of hydrogen-bond acceptors (Lipinski definition) is 3. The Morgan fingerprint density at radius 3 is 2.42 bits per heavy atom. The lowest BCUT2D eigenvalue weighted by Crippen LogP contribution is -2.02. The van der Waals surface area contributed by atoms with Crippen molar-refractivity contribution in [2.75, 3.05) is 0 Å². The van der Waals surface area contributed by atoms with Crippen LogP contribution in [-0.4, -0.2) is 10.2 Å². The number of carbonyl (C=O) groups is 1. The number of carbonyl (C=O) groups excluding carboxylic acids is 1. The fourth-order valence-electron chi connectivity index (χ4n) is 0.686. The largest absolute Gasteiger partial charge is 0.361 e. The molecule has 0 radical (unpaired) electrons. The first-order chi connectivity index (χ1) is 5.70. The molecule has 0 spiro atoms. The molecule has 0 fully saturated rings. The van der Waals surface area contributed by atoms with E-state index in [4.69, 9.17) is 0 Å². The van der Waals surface area contributed by atoms with Crippen LogP contribution in [0.1, 0.15) is 6.92 Å². The van der Waals surface area contributed by atoms with Gasteiger partial charge in [-0.15, -0.1) is 0 Å². The van der Waals surface area contributed by atoms with Crippen LogP contribution in [-0.2, 0) is 20.1 Å². The monoisotopic (exact) mass is 184 g/mol. The minimum Gasteiger partial charge on any atom is -0.361 e. The maximum absolute atomic E-state index is 11.1. The SMILES string of the molecule is CC(=O)OS(=O)c1ccccc1. The molecule has 0 saturated heterocycles. The predicted molar refractivity (Wildman–Crippen MR) is 44.6 cm³/mol. The van der Waals surface area contributed by atoms with Crippen LogP contribution in [0.4, 0.5) is 0 Å². The lowest BCUT2D eigenvalue weighted by atomic mass is 10.4. The van der Waals surface area contributed by atoms with E-state index in [0.29, 0.717) is 4.90 Å². The second-order valence-electron chi connectivity index (χ2n) is 2.12. The summed E-state index contributed by atoms with van der Waals surface area (Å²) >= 11 is -1.66. The quantitative estimate of drug-likeness (QED) is 0.695. The van der Waals surface area contributed by atoms with Gasteiger partial charge in [0.1, 0.15) is 0 Å². The number of benzene rings is 1. The molecule has 3 nitrogen and oxygen atoms in total. The summed E-state index contributed by atoms with van der Waals surface area (Å²) < 4.78 is 15.6. The van der Waals surface area contributed by atoms with Gasteiger partial charge in [0.05, 0.1) is 4.90 Å². The molecule has 0 N–H and O–H groups in total. The zero-order chi connectivity index (χ0) is 8.97. The highest BCUT2D eigenvalue weighted by Gasteiger charge is 2.05. The summed E-state index contributed by atoms with van der Waals surface area (Å²) in [5.41, 5.74) is 0. The van der Waals surface area contributed by atoms with Crippen LogP contribution < -0.4 is 0 Å². The third-order valence-corrected chi connectivity index (χ3v) is 2.17. The van der Waals surface area contributed by atoms with E-state index in [1.54, 1.807) is 30.3 Å². The molecule has 0 bridgehead atoms. The first kappa shape index (κ1) is 8.93. The van der Waals surface area contributed by atoms with E-state index >= 15 is 0 Å². The summed E-state index contributed by atoms with van der Waals surface area (Å²) in [4.78, 5) is 10.9. The first-order valence-corrected chi connectivity index (χ1v) is 4.43. The lowest BCUT2D eigenvalue weighted by Gasteiger charge is -1.98. The Morgan fingerprint density at radius 2 is 1.92 bits per heavy atom. The number of rotatable bonds is 2. The predicted octanol–water partition coefficient (Wildman–Crippen LogP) is 1.27. The van der Waals surface area contributed by atoms with Gasteiger partial charge in [0.2, 0.25) is 11.1 Å². The highest BCUT2D eigenvalue weighted by atomic mass is 32.2. The molecule has 0 aliphatic heterocycles. The van der Waals surface area contributed by atoms with E-state index in [1.807, 2.05) is 0 Å². The van der Waals surface area contributed by atoms with Crippen molar-refractivity contribution in [2.45, 2.75) is 11.8 Å². The molecule has 1 atom stereocenters. The summed E-state index contributed by atoms with van der Waals surface area (Å²) in [5.74, 6) is -0.544. The van der Waals surface area contributed by atoms with Crippen molar-refractivity contribution >= 4 is 17.0 Å².